The normalized spacial score (nSPS) is 12.0. The first-order valence-electron chi connectivity index (χ1n) is 10.7. The van der Waals surface area contributed by atoms with E-state index in [1.54, 1.807) is 11.3 Å². The lowest BCUT2D eigenvalue weighted by Gasteiger charge is -2.22. The largest absolute Gasteiger partial charge is 0.309 e. The van der Waals surface area contributed by atoms with Gasteiger partial charge in [-0.05, 0) is 74.3 Å². The number of thiazole rings is 1. The number of benzene rings is 2. The monoisotopic (exact) mass is 423 g/mol. The van der Waals surface area contributed by atoms with Gasteiger partial charge < -0.3 is 4.90 Å². The summed E-state index contributed by atoms with van der Waals surface area (Å²) in [7, 11) is 4.11. The quantitative estimate of drug-likeness (QED) is 0.485. The lowest BCUT2D eigenvalue weighted by atomic mass is 9.86. The van der Waals surface area contributed by atoms with Gasteiger partial charge in [-0.2, -0.15) is 0 Å². The number of aryl methyl sites for hydroxylation is 1. The second kappa shape index (κ2) is 9.27. The lowest BCUT2D eigenvalue weighted by Crippen LogP contribution is -2.33. The Morgan fingerprint density at radius 2 is 1.73 bits per heavy atom. The maximum Gasteiger partial charge on any atom is 0.260 e. The molecule has 0 spiro atoms. The van der Waals surface area contributed by atoms with Crippen LogP contribution in [-0.2, 0) is 11.8 Å². The van der Waals surface area contributed by atoms with Gasteiger partial charge in [-0.15, -0.1) is 0 Å². The zero-order valence-electron chi connectivity index (χ0n) is 19.0. The number of aromatic nitrogens is 1. The molecule has 3 aromatic rings. The van der Waals surface area contributed by atoms with Crippen molar-refractivity contribution in [2.24, 2.45) is 0 Å². The van der Waals surface area contributed by atoms with E-state index >= 15 is 0 Å². The second-order valence-electron chi connectivity index (χ2n) is 9.09. The first-order chi connectivity index (χ1) is 14.2. The van der Waals surface area contributed by atoms with Crippen LogP contribution < -0.4 is 4.90 Å². The van der Waals surface area contributed by atoms with Gasteiger partial charge in [0.25, 0.3) is 5.91 Å². The molecule has 1 aromatic heterocycles. The maximum atomic E-state index is 13.5. The fourth-order valence-corrected chi connectivity index (χ4v) is 4.44. The highest BCUT2D eigenvalue weighted by Crippen LogP contribution is 2.31. The zero-order chi connectivity index (χ0) is 21.9. The van der Waals surface area contributed by atoms with Crippen molar-refractivity contribution >= 4 is 32.6 Å². The second-order valence-corrected chi connectivity index (χ2v) is 10.1. The van der Waals surface area contributed by atoms with Crippen molar-refractivity contribution < 1.29 is 4.79 Å². The van der Waals surface area contributed by atoms with Crippen LogP contribution in [-0.4, -0.2) is 43.0 Å². The van der Waals surface area contributed by atoms with Crippen LogP contribution in [0.4, 0.5) is 5.13 Å². The van der Waals surface area contributed by atoms with E-state index in [4.69, 9.17) is 4.98 Å². The summed E-state index contributed by atoms with van der Waals surface area (Å²) in [5.41, 5.74) is 4.25. The van der Waals surface area contributed by atoms with Gasteiger partial charge in [0.1, 0.15) is 0 Å². The first kappa shape index (κ1) is 22.4. The van der Waals surface area contributed by atoms with Crippen LogP contribution in [0.2, 0.25) is 0 Å². The molecule has 0 aliphatic carbocycles. The van der Waals surface area contributed by atoms with E-state index in [0.717, 1.165) is 34.7 Å². The highest BCUT2D eigenvalue weighted by atomic mass is 32.1. The molecule has 0 fully saturated rings. The van der Waals surface area contributed by atoms with E-state index in [1.165, 1.54) is 11.1 Å². The van der Waals surface area contributed by atoms with Crippen molar-refractivity contribution in [2.75, 3.05) is 32.1 Å². The van der Waals surface area contributed by atoms with E-state index in [2.05, 4.69) is 77.0 Å². The van der Waals surface area contributed by atoms with Gasteiger partial charge in [0.2, 0.25) is 0 Å². The molecule has 160 valence electrons. The average molecular weight is 424 g/mol. The Labute approximate surface area is 184 Å². The number of carbonyl (C=O) groups excluding carboxylic acids is 1. The molecule has 0 saturated carbocycles. The summed E-state index contributed by atoms with van der Waals surface area (Å²) < 4.78 is 1.14. The standard InChI is InChI=1S/C25H33N3OS/c1-7-18-9-14-21-22(17-18)30-24(26-21)28(16-8-15-27(5)6)23(29)19-10-12-20(13-11-19)25(2,3)4/h9-14,17H,7-8,15-16H2,1-6H3. The molecular formula is C25H33N3OS. The molecule has 0 saturated heterocycles. The molecule has 1 amide bonds. The minimum atomic E-state index is 0.0176. The summed E-state index contributed by atoms with van der Waals surface area (Å²) >= 11 is 1.60. The van der Waals surface area contributed by atoms with Crippen LogP contribution in [0.3, 0.4) is 0 Å². The summed E-state index contributed by atoms with van der Waals surface area (Å²) in [6.07, 6.45) is 1.89. The van der Waals surface area contributed by atoms with Crippen LogP contribution in [0.1, 0.15) is 55.6 Å². The summed E-state index contributed by atoms with van der Waals surface area (Å²) in [5.74, 6) is 0.0176. The molecule has 0 radical (unpaired) electrons. The Morgan fingerprint density at radius 3 is 2.33 bits per heavy atom. The lowest BCUT2D eigenvalue weighted by molar-refractivity contribution is 0.0986. The molecule has 0 bridgehead atoms. The third kappa shape index (κ3) is 5.27. The van der Waals surface area contributed by atoms with Crippen molar-refractivity contribution in [1.82, 2.24) is 9.88 Å². The zero-order valence-corrected chi connectivity index (χ0v) is 19.8. The van der Waals surface area contributed by atoms with Crippen LogP contribution >= 0.6 is 11.3 Å². The molecule has 4 nitrogen and oxygen atoms in total. The topological polar surface area (TPSA) is 36.4 Å². The molecule has 0 unspecified atom stereocenters. The van der Waals surface area contributed by atoms with Gasteiger partial charge in [0.05, 0.1) is 10.2 Å². The van der Waals surface area contributed by atoms with Gasteiger partial charge in [-0.1, -0.05) is 57.2 Å². The Balaban J connectivity index is 1.92. The molecule has 0 N–H and O–H groups in total. The summed E-state index contributed by atoms with van der Waals surface area (Å²) in [5, 5.41) is 0.780. The van der Waals surface area contributed by atoms with Gasteiger partial charge in [-0.25, -0.2) is 4.98 Å². The first-order valence-corrected chi connectivity index (χ1v) is 11.5. The van der Waals surface area contributed by atoms with Crippen LogP contribution in [0.15, 0.2) is 42.5 Å². The van der Waals surface area contributed by atoms with Crippen LogP contribution in [0.5, 0.6) is 0 Å². The number of fused-ring (bicyclic) bond motifs is 1. The maximum absolute atomic E-state index is 13.5. The molecule has 0 aliphatic heterocycles. The van der Waals surface area contributed by atoms with E-state index in [-0.39, 0.29) is 11.3 Å². The SMILES string of the molecule is CCc1ccc2nc(N(CCCN(C)C)C(=O)c3ccc(C(C)(C)C)cc3)sc2c1. The summed E-state index contributed by atoms with van der Waals surface area (Å²) in [6, 6.07) is 14.4. The van der Waals surface area contributed by atoms with Crippen LogP contribution in [0, 0.1) is 0 Å². The predicted octanol–water partition coefficient (Wildman–Crippen LogP) is 5.75. The van der Waals surface area contributed by atoms with Crippen molar-refractivity contribution in [3.05, 3.63) is 59.2 Å². The molecule has 0 atom stereocenters. The fraction of sp³-hybridized carbons (Fsp3) is 0.440. The van der Waals surface area contributed by atoms with Crippen molar-refractivity contribution in [1.29, 1.82) is 0 Å². The number of carbonyl (C=O) groups is 1. The number of hydrogen-bond acceptors (Lipinski definition) is 4. The number of nitrogens with zero attached hydrogens (tertiary/aromatic N) is 3. The third-order valence-electron chi connectivity index (χ3n) is 5.31. The van der Waals surface area contributed by atoms with Gasteiger partial charge in [-0.3, -0.25) is 9.69 Å². The molecule has 30 heavy (non-hydrogen) atoms. The molecular weight excluding hydrogens is 390 g/mol. The molecule has 3 rings (SSSR count). The molecule has 2 aromatic carbocycles. The van der Waals surface area contributed by atoms with Gasteiger partial charge in [0.15, 0.2) is 5.13 Å². The van der Waals surface area contributed by atoms with E-state index < -0.39 is 0 Å². The minimum absolute atomic E-state index is 0.0176. The number of hydrogen-bond donors (Lipinski definition) is 0. The fourth-order valence-electron chi connectivity index (χ4n) is 3.39. The van der Waals surface area contributed by atoms with Gasteiger partial charge in [0, 0.05) is 12.1 Å². The van der Waals surface area contributed by atoms with Gasteiger partial charge >= 0.3 is 0 Å². The molecule has 5 heteroatoms. The Kier molecular flexibility index (Phi) is 6.94. The Hall–Kier alpha value is -2.24. The Morgan fingerprint density at radius 1 is 1.03 bits per heavy atom. The average Bonchev–Trinajstić information content (AvgIpc) is 3.12. The number of amides is 1. The predicted molar refractivity (Wildman–Crippen MR) is 129 cm³/mol. The third-order valence-corrected chi connectivity index (χ3v) is 6.35. The summed E-state index contributed by atoms with van der Waals surface area (Å²) in [4.78, 5) is 22.3. The van der Waals surface area contributed by atoms with E-state index in [9.17, 15) is 4.79 Å². The van der Waals surface area contributed by atoms with E-state index in [1.807, 2.05) is 17.0 Å². The van der Waals surface area contributed by atoms with Crippen molar-refractivity contribution in [2.45, 2.75) is 46.0 Å². The van der Waals surface area contributed by atoms with Crippen molar-refractivity contribution in [3.8, 4) is 0 Å². The number of anilines is 1. The summed E-state index contributed by atoms with van der Waals surface area (Å²) in [6.45, 7) is 10.3. The molecule has 1 heterocycles. The smallest absolute Gasteiger partial charge is 0.260 e. The van der Waals surface area contributed by atoms with Crippen molar-refractivity contribution in [3.63, 3.8) is 0 Å². The van der Waals surface area contributed by atoms with Crippen LogP contribution in [0.25, 0.3) is 10.2 Å². The highest BCUT2D eigenvalue weighted by molar-refractivity contribution is 7.22. The minimum Gasteiger partial charge on any atom is -0.309 e. The Bertz CT molecular complexity index is 999. The number of rotatable bonds is 7. The van der Waals surface area contributed by atoms with E-state index in [0.29, 0.717) is 12.1 Å². The highest BCUT2D eigenvalue weighted by Gasteiger charge is 2.22. The molecule has 0 aliphatic rings.